The molecule has 0 saturated heterocycles. The van der Waals surface area contributed by atoms with Gasteiger partial charge in [0.05, 0.1) is 0 Å². The monoisotopic (exact) mass is 189 g/mol. The van der Waals surface area contributed by atoms with Gasteiger partial charge in [0.15, 0.2) is 0 Å². The van der Waals surface area contributed by atoms with E-state index in [0.29, 0.717) is 26.2 Å². The highest BCUT2D eigenvalue weighted by molar-refractivity contribution is 5.73. The van der Waals surface area contributed by atoms with E-state index in [2.05, 4.69) is 5.32 Å². The normalized spacial score (nSPS) is 12.8. The average Bonchev–Trinajstić information content (AvgIpc) is 2.10. The van der Waals surface area contributed by atoms with Gasteiger partial charge >= 0.3 is 5.97 Å². The predicted molar refractivity (Wildman–Crippen MR) is 50.8 cm³/mol. The van der Waals surface area contributed by atoms with Crippen LogP contribution in [0.2, 0.25) is 0 Å². The van der Waals surface area contributed by atoms with Crippen molar-refractivity contribution in [3.63, 3.8) is 0 Å². The van der Waals surface area contributed by atoms with Crippen LogP contribution in [0.3, 0.4) is 0 Å². The Morgan fingerprint density at radius 2 is 2.15 bits per heavy atom. The molecule has 0 bridgehead atoms. The number of rotatable bonds is 8. The first-order chi connectivity index (χ1) is 6.22. The lowest BCUT2D eigenvalue weighted by molar-refractivity contribution is -0.140. The Bertz CT molecular complexity index is 139. The van der Waals surface area contributed by atoms with Crippen LogP contribution in [-0.2, 0) is 9.53 Å². The fourth-order valence-electron chi connectivity index (χ4n) is 1.01. The van der Waals surface area contributed by atoms with E-state index >= 15 is 0 Å². The lowest BCUT2D eigenvalue weighted by Gasteiger charge is -2.12. The fourth-order valence-corrected chi connectivity index (χ4v) is 1.01. The van der Waals surface area contributed by atoms with E-state index in [0.717, 1.165) is 6.42 Å². The third-order valence-electron chi connectivity index (χ3n) is 1.65. The van der Waals surface area contributed by atoms with E-state index in [4.69, 9.17) is 9.84 Å². The van der Waals surface area contributed by atoms with Gasteiger partial charge in [-0.1, -0.05) is 13.8 Å². The SMILES string of the molecule is CCCOCC[C@H](NCC)C(=O)O. The van der Waals surface area contributed by atoms with Crippen molar-refractivity contribution in [1.82, 2.24) is 5.32 Å². The molecule has 0 rings (SSSR count). The van der Waals surface area contributed by atoms with E-state index in [9.17, 15) is 4.79 Å². The molecule has 0 radical (unpaired) electrons. The van der Waals surface area contributed by atoms with Crippen molar-refractivity contribution >= 4 is 5.97 Å². The number of nitrogens with one attached hydrogen (secondary N) is 1. The summed E-state index contributed by atoms with van der Waals surface area (Å²) in [6, 6.07) is -0.471. The second kappa shape index (κ2) is 8.01. The van der Waals surface area contributed by atoms with Gasteiger partial charge in [0.2, 0.25) is 0 Å². The molecule has 0 aromatic heterocycles. The first-order valence-corrected chi connectivity index (χ1v) is 4.76. The summed E-state index contributed by atoms with van der Waals surface area (Å²) >= 11 is 0. The Kier molecular flexibility index (Phi) is 7.63. The summed E-state index contributed by atoms with van der Waals surface area (Å²) in [6.07, 6.45) is 1.50. The van der Waals surface area contributed by atoms with Crippen LogP contribution < -0.4 is 5.32 Å². The van der Waals surface area contributed by atoms with E-state index in [1.165, 1.54) is 0 Å². The van der Waals surface area contributed by atoms with Crippen molar-refractivity contribution in [3.05, 3.63) is 0 Å². The molecule has 0 aliphatic carbocycles. The van der Waals surface area contributed by atoms with Crippen molar-refractivity contribution in [1.29, 1.82) is 0 Å². The molecule has 2 N–H and O–H groups in total. The summed E-state index contributed by atoms with van der Waals surface area (Å²) in [5.74, 6) is -0.804. The van der Waals surface area contributed by atoms with Gasteiger partial charge in [-0.15, -0.1) is 0 Å². The van der Waals surface area contributed by atoms with Gasteiger partial charge in [-0.05, 0) is 19.4 Å². The van der Waals surface area contributed by atoms with Gasteiger partial charge in [-0.2, -0.15) is 0 Å². The quantitative estimate of drug-likeness (QED) is 0.556. The third kappa shape index (κ3) is 6.54. The molecule has 0 amide bonds. The van der Waals surface area contributed by atoms with Crippen molar-refractivity contribution in [2.24, 2.45) is 0 Å². The molecule has 13 heavy (non-hydrogen) atoms. The van der Waals surface area contributed by atoms with Gasteiger partial charge < -0.3 is 15.2 Å². The fraction of sp³-hybridized carbons (Fsp3) is 0.889. The van der Waals surface area contributed by atoms with Crippen molar-refractivity contribution in [2.75, 3.05) is 19.8 Å². The zero-order chi connectivity index (χ0) is 10.1. The summed E-state index contributed by atoms with van der Waals surface area (Å²) in [7, 11) is 0. The maximum atomic E-state index is 10.6. The molecule has 0 unspecified atom stereocenters. The Morgan fingerprint density at radius 1 is 1.46 bits per heavy atom. The van der Waals surface area contributed by atoms with Gasteiger partial charge in [0, 0.05) is 13.2 Å². The van der Waals surface area contributed by atoms with Crippen LogP contribution in [-0.4, -0.2) is 36.9 Å². The molecule has 0 heterocycles. The van der Waals surface area contributed by atoms with E-state index < -0.39 is 12.0 Å². The number of carbonyl (C=O) groups is 1. The minimum absolute atomic E-state index is 0.471. The summed E-state index contributed by atoms with van der Waals surface area (Å²) in [5.41, 5.74) is 0. The van der Waals surface area contributed by atoms with Crippen LogP contribution >= 0.6 is 0 Å². The first-order valence-electron chi connectivity index (χ1n) is 4.76. The summed E-state index contributed by atoms with van der Waals surface area (Å²) in [5, 5.41) is 11.6. The smallest absolute Gasteiger partial charge is 0.320 e. The van der Waals surface area contributed by atoms with E-state index in [1.807, 2.05) is 13.8 Å². The van der Waals surface area contributed by atoms with Crippen molar-refractivity contribution in [2.45, 2.75) is 32.7 Å². The van der Waals surface area contributed by atoms with Crippen LogP contribution in [0.25, 0.3) is 0 Å². The van der Waals surface area contributed by atoms with Crippen molar-refractivity contribution in [3.8, 4) is 0 Å². The Balaban J connectivity index is 3.51. The number of carboxylic acid groups (broad SMARTS) is 1. The lowest BCUT2D eigenvalue weighted by Crippen LogP contribution is -2.37. The highest BCUT2D eigenvalue weighted by Crippen LogP contribution is 1.94. The maximum absolute atomic E-state index is 10.6. The van der Waals surface area contributed by atoms with Gasteiger partial charge in [-0.25, -0.2) is 0 Å². The predicted octanol–water partition coefficient (Wildman–Crippen LogP) is 0.866. The van der Waals surface area contributed by atoms with Crippen LogP contribution in [0.5, 0.6) is 0 Å². The van der Waals surface area contributed by atoms with Gasteiger partial charge in [0.1, 0.15) is 6.04 Å². The number of ether oxygens (including phenoxy) is 1. The molecular weight excluding hydrogens is 170 g/mol. The number of likely N-dealkylation sites (N-methyl/N-ethyl adjacent to an activating group) is 1. The number of aliphatic carboxylic acids is 1. The number of hydrogen-bond donors (Lipinski definition) is 2. The Morgan fingerprint density at radius 3 is 2.62 bits per heavy atom. The number of hydrogen-bond acceptors (Lipinski definition) is 3. The van der Waals surface area contributed by atoms with Crippen LogP contribution in [0.4, 0.5) is 0 Å². The molecule has 4 heteroatoms. The van der Waals surface area contributed by atoms with Crippen LogP contribution in [0.15, 0.2) is 0 Å². The second-order valence-corrected chi connectivity index (χ2v) is 2.85. The van der Waals surface area contributed by atoms with Gasteiger partial charge in [-0.3, -0.25) is 4.79 Å². The molecule has 1 atom stereocenters. The molecule has 78 valence electrons. The third-order valence-corrected chi connectivity index (χ3v) is 1.65. The standard InChI is InChI=1S/C9H19NO3/c1-3-6-13-7-5-8(9(11)12)10-4-2/h8,10H,3-7H2,1-2H3,(H,11,12)/t8-/m0/s1. The van der Waals surface area contributed by atoms with E-state index in [1.54, 1.807) is 0 Å². The minimum Gasteiger partial charge on any atom is -0.480 e. The molecule has 0 fully saturated rings. The highest BCUT2D eigenvalue weighted by Gasteiger charge is 2.14. The molecule has 0 spiro atoms. The summed E-state index contributed by atoms with van der Waals surface area (Å²) < 4.78 is 5.21. The van der Waals surface area contributed by atoms with Crippen molar-refractivity contribution < 1.29 is 14.6 Å². The minimum atomic E-state index is -0.804. The summed E-state index contributed by atoms with van der Waals surface area (Å²) in [6.45, 7) is 5.81. The first kappa shape index (κ1) is 12.4. The zero-order valence-electron chi connectivity index (χ0n) is 8.38. The molecule has 0 aliphatic heterocycles. The Hall–Kier alpha value is -0.610. The molecule has 0 saturated carbocycles. The number of carboxylic acids is 1. The molecular formula is C9H19NO3. The molecule has 0 aromatic rings. The second-order valence-electron chi connectivity index (χ2n) is 2.85. The topological polar surface area (TPSA) is 58.6 Å². The van der Waals surface area contributed by atoms with Gasteiger partial charge in [0.25, 0.3) is 0 Å². The van der Waals surface area contributed by atoms with Crippen LogP contribution in [0, 0.1) is 0 Å². The average molecular weight is 189 g/mol. The van der Waals surface area contributed by atoms with E-state index in [-0.39, 0.29) is 0 Å². The Labute approximate surface area is 79.3 Å². The lowest BCUT2D eigenvalue weighted by atomic mass is 10.2. The molecule has 4 nitrogen and oxygen atoms in total. The van der Waals surface area contributed by atoms with Crippen LogP contribution in [0.1, 0.15) is 26.7 Å². The zero-order valence-corrected chi connectivity index (χ0v) is 8.38. The largest absolute Gasteiger partial charge is 0.480 e. The summed E-state index contributed by atoms with van der Waals surface area (Å²) in [4.78, 5) is 10.6. The molecule has 0 aromatic carbocycles. The molecule has 0 aliphatic rings. The highest BCUT2D eigenvalue weighted by atomic mass is 16.5. The maximum Gasteiger partial charge on any atom is 0.320 e.